The van der Waals surface area contributed by atoms with Crippen molar-refractivity contribution in [3.05, 3.63) is 0 Å². The van der Waals surface area contributed by atoms with Crippen LogP contribution in [0.1, 0.15) is 51.4 Å². The van der Waals surface area contributed by atoms with E-state index in [1.54, 1.807) is 0 Å². The Morgan fingerprint density at radius 3 is 2.08 bits per heavy atom. The standard InChI is InChI=1S/C12H24NO4P.C2HF3O2/c13-9-5-1-3-7-12(11(14)15)8-4-2-6-10-18(12,16)17;3-2(4,5)1(6)7/h1-10,13H2,(H,14,15)(H,16,17);(H,6,7). The molecule has 0 aromatic rings. The Morgan fingerprint density at radius 2 is 1.64 bits per heavy atom. The summed E-state index contributed by atoms with van der Waals surface area (Å²) in [6.45, 7) is 0.580. The number of nitrogens with two attached hydrogens (primary N) is 1. The quantitative estimate of drug-likeness (QED) is 0.403. The number of halogens is 3. The lowest BCUT2D eigenvalue weighted by molar-refractivity contribution is -0.192. The van der Waals surface area contributed by atoms with Gasteiger partial charge in [-0.3, -0.25) is 9.36 Å². The molecule has 1 saturated heterocycles. The number of hydrogen-bond donors (Lipinski definition) is 4. The highest BCUT2D eigenvalue weighted by Crippen LogP contribution is 2.61. The van der Waals surface area contributed by atoms with Crippen LogP contribution in [0.5, 0.6) is 0 Å². The smallest absolute Gasteiger partial charge is 0.480 e. The van der Waals surface area contributed by atoms with Gasteiger partial charge < -0.3 is 20.8 Å². The van der Waals surface area contributed by atoms with Gasteiger partial charge in [-0.25, -0.2) is 4.79 Å². The maximum absolute atomic E-state index is 12.4. The minimum Gasteiger partial charge on any atom is -0.480 e. The summed E-state index contributed by atoms with van der Waals surface area (Å²) in [5, 5.41) is 15.2. The van der Waals surface area contributed by atoms with Crippen LogP contribution in [0.4, 0.5) is 13.2 Å². The third-order valence-corrected chi connectivity index (χ3v) is 7.05. The monoisotopic (exact) mass is 391 g/mol. The van der Waals surface area contributed by atoms with Gasteiger partial charge in [0.2, 0.25) is 7.37 Å². The first-order valence-corrected chi connectivity index (χ1v) is 9.80. The Labute approximate surface area is 143 Å². The maximum Gasteiger partial charge on any atom is 0.490 e. The van der Waals surface area contributed by atoms with Gasteiger partial charge in [0, 0.05) is 6.16 Å². The van der Waals surface area contributed by atoms with E-state index in [1.807, 2.05) is 0 Å². The molecule has 25 heavy (non-hydrogen) atoms. The van der Waals surface area contributed by atoms with Crippen molar-refractivity contribution in [3.8, 4) is 0 Å². The summed E-state index contributed by atoms with van der Waals surface area (Å²) < 4.78 is 44.1. The number of carbonyl (C=O) groups is 2. The molecule has 5 N–H and O–H groups in total. The molecule has 0 aliphatic carbocycles. The highest BCUT2D eigenvalue weighted by atomic mass is 31.2. The fourth-order valence-electron chi connectivity index (χ4n) is 2.71. The zero-order valence-electron chi connectivity index (χ0n) is 13.8. The van der Waals surface area contributed by atoms with Gasteiger partial charge in [-0.05, 0) is 32.2 Å². The maximum atomic E-state index is 12.4. The third kappa shape index (κ3) is 7.33. The number of carboxylic acid groups (broad SMARTS) is 2. The van der Waals surface area contributed by atoms with Gasteiger partial charge in [-0.1, -0.05) is 25.7 Å². The zero-order valence-corrected chi connectivity index (χ0v) is 14.7. The van der Waals surface area contributed by atoms with E-state index >= 15 is 0 Å². The molecule has 0 spiro atoms. The summed E-state index contributed by atoms with van der Waals surface area (Å²) in [7, 11) is -3.61. The molecule has 1 fully saturated rings. The summed E-state index contributed by atoms with van der Waals surface area (Å²) in [4.78, 5) is 30.6. The Hall–Kier alpha value is -1.12. The van der Waals surface area contributed by atoms with Crippen LogP contribution in [-0.2, 0) is 14.2 Å². The van der Waals surface area contributed by atoms with Gasteiger partial charge >= 0.3 is 18.1 Å². The van der Waals surface area contributed by atoms with Crippen molar-refractivity contribution in [2.75, 3.05) is 12.7 Å². The summed E-state index contributed by atoms with van der Waals surface area (Å²) in [5.74, 6) is -3.85. The average Bonchev–Trinajstić information content (AvgIpc) is 2.62. The minimum absolute atomic E-state index is 0.149. The van der Waals surface area contributed by atoms with Gasteiger partial charge in [-0.15, -0.1) is 0 Å². The molecule has 0 saturated carbocycles. The van der Waals surface area contributed by atoms with E-state index in [1.165, 1.54) is 0 Å². The summed E-state index contributed by atoms with van der Waals surface area (Å²) >= 11 is 0. The van der Waals surface area contributed by atoms with Gasteiger partial charge in [-0.2, -0.15) is 13.2 Å². The zero-order chi connectivity index (χ0) is 19.7. The van der Waals surface area contributed by atoms with E-state index < -0.39 is 30.6 Å². The van der Waals surface area contributed by atoms with Crippen molar-refractivity contribution in [2.24, 2.45) is 5.73 Å². The van der Waals surface area contributed by atoms with Crippen LogP contribution in [-0.4, -0.2) is 51.1 Å². The molecule has 1 rings (SSSR count). The molecule has 2 unspecified atom stereocenters. The van der Waals surface area contributed by atoms with Crippen molar-refractivity contribution in [2.45, 2.75) is 62.7 Å². The molecule has 0 radical (unpaired) electrons. The van der Waals surface area contributed by atoms with Gasteiger partial charge in [0.25, 0.3) is 0 Å². The first-order valence-electron chi connectivity index (χ1n) is 7.96. The second kappa shape index (κ2) is 10.1. The van der Waals surface area contributed by atoms with E-state index in [9.17, 15) is 32.5 Å². The van der Waals surface area contributed by atoms with Crippen molar-refractivity contribution in [1.29, 1.82) is 0 Å². The largest absolute Gasteiger partial charge is 0.490 e. The number of aliphatic carboxylic acids is 2. The second-order valence-corrected chi connectivity index (χ2v) is 8.68. The highest BCUT2D eigenvalue weighted by Gasteiger charge is 2.53. The topological polar surface area (TPSA) is 138 Å². The summed E-state index contributed by atoms with van der Waals surface area (Å²) in [6, 6.07) is 0. The van der Waals surface area contributed by atoms with Crippen molar-refractivity contribution in [3.63, 3.8) is 0 Å². The molecular weight excluding hydrogens is 366 g/mol. The van der Waals surface area contributed by atoms with E-state index in [-0.39, 0.29) is 6.16 Å². The Morgan fingerprint density at radius 1 is 1.08 bits per heavy atom. The average molecular weight is 391 g/mol. The normalized spacial score (nSPS) is 26.9. The van der Waals surface area contributed by atoms with Crippen LogP contribution >= 0.6 is 7.37 Å². The first kappa shape index (κ1) is 23.9. The van der Waals surface area contributed by atoms with E-state index in [0.29, 0.717) is 32.2 Å². The molecule has 2 atom stereocenters. The molecule has 0 aromatic heterocycles. The molecule has 1 aliphatic heterocycles. The van der Waals surface area contributed by atoms with Crippen LogP contribution in [0.25, 0.3) is 0 Å². The number of unbranched alkanes of at least 4 members (excludes halogenated alkanes) is 2. The van der Waals surface area contributed by atoms with Crippen LogP contribution < -0.4 is 5.73 Å². The molecule has 1 heterocycles. The SMILES string of the molecule is NCCCCCC1(C(=O)O)CCCCCP1(=O)O.O=C(O)C(F)(F)F. The van der Waals surface area contributed by atoms with Gasteiger partial charge in [0.15, 0.2) is 0 Å². The Kier molecular flexibility index (Phi) is 9.68. The lowest BCUT2D eigenvalue weighted by Crippen LogP contribution is -2.38. The van der Waals surface area contributed by atoms with Crippen molar-refractivity contribution in [1.82, 2.24) is 0 Å². The summed E-state index contributed by atoms with van der Waals surface area (Å²) in [6.07, 6.45) is 0.262. The molecule has 0 aromatic carbocycles. The lowest BCUT2D eigenvalue weighted by atomic mass is 9.94. The molecule has 1 aliphatic rings. The Bertz CT molecular complexity index is 499. The van der Waals surface area contributed by atoms with Crippen LogP contribution in [0, 0.1) is 0 Å². The lowest BCUT2D eigenvalue weighted by Gasteiger charge is -2.32. The van der Waals surface area contributed by atoms with Crippen molar-refractivity contribution >= 4 is 19.3 Å². The highest BCUT2D eigenvalue weighted by molar-refractivity contribution is 7.60. The number of rotatable bonds is 6. The Balaban J connectivity index is 0.000000697. The van der Waals surface area contributed by atoms with Crippen molar-refractivity contribution < 1.29 is 42.4 Å². The van der Waals surface area contributed by atoms with Crippen LogP contribution in [0.3, 0.4) is 0 Å². The molecule has 7 nitrogen and oxygen atoms in total. The molecule has 148 valence electrons. The summed E-state index contributed by atoms with van der Waals surface area (Å²) in [5.41, 5.74) is 5.40. The van der Waals surface area contributed by atoms with Crippen LogP contribution in [0.2, 0.25) is 0 Å². The fourth-order valence-corrected chi connectivity index (χ4v) is 5.10. The number of hydrogen-bond acceptors (Lipinski definition) is 4. The molecule has 0 amide bonds. The second-order valence-electron chi connectivity index (χ2n) is 5.97. The fraction of sp³-hybridized carbons (Fsp3) is 0.857. The van der Waals surface area contributed by atoms with Gasteiger partial charge in [0.05, 0.1) is 0 Å². The third-order valence-electron chi connectivity index (χ3n) is 4.16. The number of carboxylic acids is 2. The van der Waals surface area contributed by atoms with E-state index in [4.69, 9.17) is 15.6 Å². The first-order chi connectivity index (χ1) is 11.4. The molecular formula is C14H25F3NO6P. The van der Waals surface area contributed by atoms with Gasteiger partial charge in [0.1, 0.15) is 5.16 Å². The molecule has 11 heteroatoms. The predicted molar refractivity (Wildman–Crippen MR) is 84.7 cm³/mol. The number of alkyl halides is 3. The minimum atomic E-state index is -5.08. The van der Waals surface area contributed by atoms with E-state index in [0.717, 1.165) is 25.7 Å². The van der Waals surface area contributed by atoms with E-state index in [2.05, 4.69) is 0 Å². The molecule has 0 bridgehead atoms. The predicted octanol–water partition coefficient (Wildman–Crippen LogP) is 2.81. The van der Waals surface area contributed by atoms with Crippen LogP contribution in [0.15, 0.2) is 0 Å².